The molecule has 2 aliphatic rings. The molecule has 142 valence electrons. The second-order valence-corrected chi connectivity index (χ2v) is 7.45. The first-order chi connectivity index (χ1) is 12.6. The van der Waals surface area contributed by atoms with Crippen LogP contribution in [0.4, 0.5) is 14.9 Å². The number of carbonyl (C=O) groups is 2. The first-order valence-corrected chi connectivity index (χ1v) is 9.71. The molecule has 2 fully saturated rings. The average molecular weight is 361 g/mol. The second-order valence-electron chi connectivity index (χ2n) is 7.45. The summed E-state index contributed by atoms with van der Waals surface area (Å²) in [4.78, 5) is 26.4. The van der Waals surface area contributed by atoms with Gasteiger partial charge in [-0.2, -0.15) is 0 Å². The largest absolute Gasteiger partial charge is 0.356 e. The maximum atomic E-state index is 12.9. The molecule has 1 saturated heterocycles. The fraction of sp³-hybridized carbons (Fsp3) is 0.600. The van der Waals surface area contributed by atoms with Crippen molar-refractivity contribution in [1.82, 2.24) is 10.2 Å². The van der Waals surface area contributed by atoms with Gasteiger partial charge in [-0.05, 0) is 55.9 Å². The summed E-state index contributed by atoms with van der Waals surface area (Å²) in [7, 11) is 0. The molecule has 0 aromatic heterocycles. The van der Waals surface area contributed by atoms with Crippen LogP contribution in [0.5, 0.6) is 0 Å². The topological polar surface area (TPSA) is 61.4 Å². The van der Waals surface area contributed by atoms with Crippen molar-refractivity contribution in [1.29, 1.82) is 0 Å². The third-order valence-electron chi connectivity index (χ3n) is 5.54. The van der Waals surface area contributed by atoms with Crippen molar-refractivity contribution >= 4 is 17.6 Å². The van der Waals surface area contributed by atoms with E-state index in [1.807, 2.05) is 0 Å². The number of hydrogen-bond donors (Lipinski definition) is 2. The van der Waals surface area contributed by atoms with E-state index in [0.717, 1.165) is 6.54 Å². The smallest absolute Gasteiger partial charge is 0.321 e. The minimum Gasteiger partial charge on any atom is -0.356 e. The third kappa shape index (κ3) is 5.19. The molecule has 2 N–H and O–H groups in total. The number of carbonyl (C=O) groups excluding carboxylic acids is 2. The molecule has 3 rings (SSSR count). The maximum Gasteiger partial charge on any atom is 0.321 e. The predicted octanol–water partition coefficient (Wildman–Crippen LogP) is 3.77. The molecule has 5 nitrogen and oxygen atoms in total. The van der Waals surface area contributed by atoms with Crippen molar-refractivity contribution in [3.05, 3.63) is 30.1 Å². The minimum absolute atomic E-state index is 0.00605. The lowest BCUT2D eigenvalue weighted by Crippen LogP contribution is -2.45. The van der Waals surface area contributed by atoms with E-state index in [-0.39, 0.29) is 23.7 Å². The van der Waals surface area contributed by atoms with Gasteiger partial charge in [0, 0.05) is 31.2 Å². The minimum atomic E-state index is -0.331. The highest BCUT2D eigenvalue weighted by atomic mass is 19.1. The molecule has 0 spiro atoms. The van der Waals surface area contributed by atoms with Crippen LogP contribution in [0.2, 0.25) is 0 Å². The van der Waals surface area contributed by atoms with Gasteiger partial charge in [0.1, 0.15) is 5.82 Å². The van der Waals surface area contributed by atoms with Crippen molar-refractivity contribution < 1.29 is 14.0 Å². The number of nitrogens with zero attached hydrogens (tertiary/aromatic N) is 1. The zero-order valence-corrected chi connectivity index (χ0v) is 15.2. The molecule has 3 amide bonds. The van der Waals surface area contributed by atoms with Crippen LogP contribution in [0.1, 0.15) is 44.9 Å². The van der Waals surface area contributed by atoms with Gasteiger partial charge in [0.15, 0.2) is 0 Å². The van der Waals surface area contributed by atoms with Crippen LogP contribution in [0, 0.1) is 17.7 Å². The number of benzene rings is 1. The van der Waals surface area contributed by atoms with Gasteiger partial charge in [-0.3, -0.25) is 4.79 Å². The van der Waals surface area contributed by atoms with Crippen LogP contribution in [0.3, 0.4) is 0 Å². The molecule has 0 unspecified atom stereocenters. The molecule has 1 heterocycles. The average Bonchev–Trinajstić information content (AvgIpc) is 2.69. The number of hydrogen-bond acceptors (Lipinski definition) is 2. The monoisotopic (exact) mass is 361 g/mol. The Morgan fingerprint density at radius 3 is 2.31 bits per heavy atom. The van der Waals surface area contributed by atoms with Crippen LogP contribution in [0.15, 0.2) is 24.3 Å². The molecular formula is C20H28FN3O2. The molecule has 0 radical (unpaired) electrons. The summed E-state index contributed by atoms with van der Waals surface area (Å²) in [6.45, 7) is 1.92. The zero-order valence-electron chi connectivity index (χ0n) is 15.2. The molecule has 26 heavy (non-hydrogen) atoms. The second kappa shape index (κ2) is 9.01. The molecule has 6 heteroatoms. The SMILES string of the molecule is O=C(NCC1CCCCC1)C1CCN(C(=O)Nc2ccc(F)cc2)CC1. The molecule has 1 aliphatic heterocycles. The highest BCUT2D eigenvalue weighted by Gasteiger charge is 2.27. The molecule has 0 atom stereocenters. The Kier molecular flexibility index (Phi) is 6.47. The number of urea groups is 1. The van der Waals surface area contributed by atoms with E-state index in [1.54, 1.807) is 17.0 Å². The predicted molar refractivity (Wildman–Crippen MR) is 99.3 cm³/mol. The van der Waals surface area contributed by atoms with Gasteiger partial charge in [0.05, 0.1) is 0 Å². The van der Waals surface area contributed by atoms with Crippen LogP contribution in [-0.4, -0.2) is 36.5 Å². The Labute approximate surface area is 154 Å². The summed E-state index contributed by atoms with van der Waals surface area (Å²) in [6, 6.07) is 5.52. The molecule has 0 bridgehead atoms. The summed E-state index contributed by atoms with van der Waals surface area (Å²) < 4.78 is 12.9. The summed E-state index contributed by atoms with van der Waals surface area (Å²) in [5.41, 5.74) is 0.573. The van der Waals surface area contributed by atoms with Crippen molar-refractivity contribution in [2.24, 2.45) is 11.8 Å². The van der Waals surface area contributed by atoms with Crippen LogP contribution < -0.4 is 10.6 Å². The van der Waals surface area contributed by atoms with Gasteiger partial charge < -0.3 is 15.5 Å². The normalized spacial score (nSPS) is 19.2. The number of amides is 3. The van der Waals surface area contributed by atoms with E-state index in [2.05, 4.69) is 10.6 Å². The van der Waals surface area contributed by atoms with E-state index >= 15 is 0 Å². The Bertz CT molecular complexity index is 606. The third-order valence-corrected chi connectivity index (χ3v) is 5.54. The van der Waals surface area contributed by atoms with Crippen LogP contribution in [0.25, 0.3) is 0 Å². The van der Waals surface area contributed by atoms with Gasteiger partial charge in [-0.1, -0.05) is 19.3 Å². The van der Waals surface area contributed by atoms with Crippen molar-refractivity contribution in [2.45, 2.75) is 44.9 Å². The molecule has 1 saturated carbocycles. The Hall–Kier alpha value is -2.11. The quantitative estimate of drug-likeness (QED) is 0.858. The van der Waals surface area contributed by atoms with Crippen molar-refractivity contribution in [3.8, 4) is 0 Å². The molecule has 1 aromatic carbocycles. The Balaban J connectivity index is 1.39. The first kappa shape index (κ1) is 18.7. The van der Waals surface area contributed by atoms with Gasteiger partial charge in [-0.15, -0.1) is 0 Å². The lowest BCUT2D eigenvalue weighted by Gasteiger charge is -2.32. The fourth-order valence-corrected chi connectivity index (χ4v) is 3.86. The lowest BCUT2D eigenvalue weighted by atomic mass is 9.89. The number of anilines is 1. The van der Waals surface area contributed by atoms with Gasteiger partial charge in [-0.25, -0.2) is 9.18 Å². The summed E-state index contributed by atoms with van der Waals surface area (Å²) in [6.07, 6.45) is 7.71. The summed E-state index contributed by atoms with van der Waals surface area (Å²) in [5.74, 6) is 0.431. The maximum absolute atomic E-state index is 12.9. The number of piperidine rings is 1. The van der Waals surface area contributed by atoms with Crippen LogP contribution in [-0.2, 0) is 4.79 Å². The van der Waals surface area contributed by atoms with E-state index in [9.17, 15) is 14.0 Å². The highest BCUT2D eigenvalue weighted by Crippen LogP contribution is 2.23. The molecule has 1 aliphatic carbocycles. The van der Waals surface area contributed by atoms with E-state index in [0.29, 0.717) is 37.5 Å². The lowest BCUT2D eigenvalue weighted by molar-refractivity contribution is -0.126. The van der Waals surface area contributed by atoms with Crippen molar-refractivity contribution in [3.63, 3.8) is 0 Å². The Morgan fingerprint density at radius 1 is 1.00 bits per heavy atom. The van der Waals surface area contributed by atoms with Gasteiger partial charge in [0.25, 0.3) is 0 Å². The van der Waals surface area contributed by atoms with E-state index < -0.39 is 0 Å². The molecule has 1 aromatic rings. The summed E-state index contributed by atoms with van der Waals surface area (Å²) in [5, 5.41) is 5.89. The summed E-state index contributed by atoms with van der Waals surface area (Å²) >= 11 is 0. The number of likely N-dealkylation sites (tertiary alicyclic amines) is 1. The van der Waals surface area contributed by atoms with Gasteiger partial charge >= 0.3 is 6.03 Å². The highest BCUT2D eigenvalue weighted by molar-refractivity contribution is 5.89. The van der Waals surface area contributed by atoms with E-state index in [4.69, 9.17) is 0 Å². The number of rotatable bonds is 4. The fourth-order valence-electron chi connectivity index (χ4n) is 3.86. The first-order valence-electron chi connectivity index (χ1n) is 9.71. The van der Waals surface area contributed by atoms with E-state index in [1.165, 1.54) is 44.2 Å². The van der Waals surface area contributed by atoms with Gasteiger partial charge in [0.2, 0.25) is 5.91 Å². The number of halogens is 1. The zero-order chi connectivity index (χ0) is 18.4. The van der Waals surface area contributed by atoms with Crippen molar-refractivity contribution in [2.75, 3.05) is 25.0 Å². The number of nitrogens with one attached hydrogen (secondary N) is 2. The Morgan fingerprint density at radius 2 is 1.65 bits per heavy atom. The standard InChI is InChI=1S/C20H28FN3O2/c21-17-6-8-18(9-7-17)23-20(26)24-12-10-16(11-13-24)19(25)22-14-15-4-2-1-3-5-15/h6-9,15-16H,1-5,10-14H2,(H,22,25)(H,23,26). The van der Waals surface area contributed by atoms with Crippen LogP contribution >= 0.6 is 0 Å². The molecular weight excluding hydrogens is 333 g/mol.